The molecule has 2 amide bonds. The van der Waals surface area contributed by atoms with Gasteiger partial charge in [-0.3, -0.25) is 9.59 Å². The highest BCUT2D eigenvalue weighted by atomic mass is 16.5. The van der Waals surface area contributed by atoms with Crippen molar-refractivity contribution in [1.82, 2.24) is 5.32 Å². The van der Waals surface area contributed by atoms with Crippen LogP contribution in [-0.2, 0) is 9.59 Å². The maximum Gasteiger partial charge on any atom is 0.227 e. The summed E-state index contributed by atoms with van der Waals surface area (Å²) in [5.74, 6) is 3.39. The fourth-order valence-corrected chi connectivity index (χ4v) is 7.31. The Labute approximate surface area is 185 Å². The maximum absolute atomic E-state index is 13.0. The van der Waals surface area contributed by atoms with Gasteiger partial charge in [0.2, 0.25) is 11.8 Å². The number of aryl methyl sites for hydroxylation is 1. The van der Waals surface area contributed by atoms with Crippen LogP contribution in [0.5, 0.6) is 5.75 Å². The minimum absolute atomic E-state index is 0.000363. The van der Waals surface area contributed by atoms with Crippen LogP contribution >= 0.6 is 0 Å². The molecule has 31 heavy (non-hydrogen) atoms. The number of anilines is 1. The van der Waals surface area contributed by atoms with E-state index < -0.39 is 0 Å². The summed E-state index contributed by atoms with van der Waals surface area (Å²) in [5.41, 5.74) is 2.21. The van der Waals surface area contributed by atoms with E-state index in [-0.39, 0.29) is 36.8 Å². The molecule has 1 heterocycles. The topological polar surface area (TPSA) is 58.6 Å². The van der Waals surface area contributed by atoms with E-state index in [0.29, 0.717) is 12.0 Å². The lowest BCUT2D eigenvalue weighted by atomic mass is 9.48. The van der Waals surface area contributed by atoms with Gasteiger partial charge >= 0.3 is 0 Å². The van der Waals surface area contributed by atoms with E-state index in [9.17, 15) is 9.59 Å². The van der Waals surface area contributed by atoms with Crippen molar-refractivity contribution in [3.63, 3.8) is 0 Å². The largest absolute Gasteiger partial charge is 0.487 e. The summed E-state index contributed by atoms with van der Waals surface area (Å²) in [7, 11) is 0. The van der Waals surface area contributed by atoms with Crippen LogP contribution in [0.1, 0.15) is 70.8 Å². The molecule has 5 aliphatic rings. The first-order valence-electron chi connectivity index (χ1n) is 12.2. The molecule has 0 unspecified atom stereocenters. The first-order valence-corrected chi connectivity index (χ1v) is 12.2. The van der Waals surface area contributed by atoms with Gasteiger partial charge < -0.3 is 15.0 Å². The molecule has 5 nitrogen and oxygen atoms in total. The van der Waals surface area contributed by atoms with Gasteiger partial charge in [-0.25, -0.2) is 0 Å². The van der Waals surface area contributed by atoms with Crippen molar-refractivity contribution in [2.45, 2.75) is 84.3 Å². The zero-order chi connectivity index (χ0) is 21.8. The Morgan fingerprint density at radius 1 is 1.13 bits per heavy atom. The van der Waals surface area contributed by atoms with Gasteiger partial charge in [0.1, 0.15) is 11.9 Å². The van der Waals surface area contributed by atoms with Crippen LogP contribution in [0.2, 0.25) is 0 Å². The smallest absolute Gasteiger partial charge is 0.227 e. The predicted octanol–water partition coefficient (Wildman–Crippen LogP) is 4.61. The van der Waals surface area contributed by atoms with Gasteiger partial charge in [-0.15, -0.1) is 0 Å². The zero-order valence-electron chi connectivity index (χ0n) is 19.2. The molecule has 4 aliphatic carbocycles. The van der Waals surface area contributed by atoms with Crippen molar-refractivity contribution in [1.29, 1.82) is 0 Å². The van der Waals surface area contributed by atoms with Crippen molar-refractivity contribution < 1.29 is 14.3 Å². The lowest BCUT2D eigenvalue weighted by Crippen LogP contribution is -2.55. The monoisotopic (exact) mass is 424 g/mol. The molecule has 1 aromatic rings. The number of rotatable bonds is 5. The second-order valence-corrected chi connectivity index (χ2v) is 11.0. The highest BCUT2D eigenvalue weighted by molar-refractivity contribution is 5.97. The minimum Gasteiger partial charge on any atom is -0.487 e. The van der Waals surface area contributed by atoms with Crippen molar-refractivity contribution in [2.75, 3.05) is 11.4 Å². The molecular weight excluding hydrogens is 388 g/mol. The van der Waals surface area contributed by atoms with E-state index >= 15 is 0 Å². The van der Waals surface area contributed by atoms with Gasteiger partial charge in [-0.1, -0.05) is 6.07 Å². The summed E-state index contributed by atoms with van der Waals surface area (Å²) < 4.78 is 5.89. The van der Waals surface area contributed by atoms with Gasteiger partial charge in [0.15, 0.2) is 0 Å². The third kappa shape index (κ3) is 3.96. The van der Waals surface area contributed by atoms with E-state index in [1.54, 1.807) is 4.90 Å². The predicted molar refractivity (Wildman–Crippen MR) is 121 cm³/mol. The first kappa shape index (κ1) is 20.8. The molecule has 0 saturated heterocycles. The zero-order valence-corrected chi connectivity index (χ0v) is 19.2. The lowest BCUT2D eigenvalue weighted by Gasteiger charge is -2.59. The molecule has 4 bridgehead atoms. The Hall–Kier alpha value is -2.04. The van der Waals surface area contributed by atoms with Crippen molar-refractivity contribution in [3.8, 4) is 5.75 Å². The minimum atomic E-state index is -0.0518. The van der Waals surface area contributed by atoms with E-state index in [1.807, 2.05) is 32.0 Å². The quantitative estimate of drug-likeness (QED) is 0.751. The number of hydrogen-bond acceptors (Lipinski definition) is 3. The molecule has 0 aromatic heterocycles. The molecule has 4 fully saturated rings. The molecular formula is C26H36N2O3. The molecule has 1 N–H and O–H groups in total. The summed E-state index contributed by atoms with van der Waals surface area (Å²) >= 11 is 0. The summed E-state index contributed by atoms with van der Waals surface area (Å²) in [4.78, 5) is 27.6. The number of benzene rings is 1. The number of fused-ring (bicyclic) bond motifs is 1. The van der Waals surface area contributed by atoms with Crippen LogP contribution < -0.4 is 15.0 Å². The van der Waals surface area contributed by atoms with Crippen molar-refractivity contribution in [3.05, 3.63) is 23.8 Å². The fourth-order valence-electron chi connectivity index (χ4n) is 7.31. The first-order chi connectivity index (χ1) is 14.8. The molecule has 0 spiro atoms. The molecule has 168 valence electrons. The fraction of sp³-hybridized carbons (Fsp3) is 0.692. The molecule has 1 aliphatic heterocycles. The van der Waals surface area contributed by atoms with Gasteiger partial charge in [0, 0.05) is 18.9 Å². The second-order valence-electron chi connectivity index (χ2n) is 11.0. The van der Waals surface area contributed by atoms with Crippen molar-refractivity contribution in [2.24, 2.45) is 23.2 Å². The van der Waals surface area contributed by atoms with Gasteiger partial charge in [-0.05, 0) is 100 Å². The van der Waals surface area contributed by atoms with Gasteiger partial charge in [-0.2, -0.15) is 0 Å². The average molecular weight is 425 g/mol. The van der Waals surface area contributed by atoms with Crippen LogP contribution in [0.3, 0.4) is 0 Å². The van der Waals surface area contributed by atoms with Crippen LogP contribution in [-0.4, -0.2) is 30.5 Å². The lowest BCUT2D eigenvalue weighted by molar-refractivity contribution is -0.128. The third-order valence-corrected chi connectivity index (χ3v) is 8.42. The van der Waals surface area contributed by atoms with E-state index in [2.05, 4.69) is 12.2 Å². The second kappa shape index (κ2) is 7.83. The van der Waals surface area contributed by atoms with Gasteiger partial charge in [0.05, 0.1) is 12.2 Å². The van der Waals surface area contributed by atoms with E-state index in [0.717, 1.165) is 34.8 Å². The van der Waals surface area contributed by atoms with Gasteiger partial charge in [0.25, 0.3) is 0 Å². The van der Waals surface area contributed by atoms with Crippen LogP contribution in [0, 0.1) is 30.1 Å². The SMILES string of the molecule is Cc1ccc2c(c1)N(C(=O)CCC(=O)N[C@@H](C)C13CC4CC(CC(C4)C1)C3)C[C@@H](C)O2. The Balaban J connectivity index is 1.19. The standard InChI is InChI=1S/C26H36N2O3/c1-16-4-5-23-22(8-16)28(15-17(2)31-23)25(30)7-6-24(29)27-18(3)26-12-19-9-20(13-26)11-21(10-19)14-26/h4-5,8,17-21H,6-7,9-15H2,1-3H3,(H,27,29)/t17-,18+,19?,20?,21?,26?/m1/s1. The van der Waals surface area contributed by atoms with Crippen LogP contribution in [0.15, 0.2) is 18.2 Å². The number of amides is 2. The summed E-state index contributed by atoms with van der Waals surface area (Å²) in [6, 6.07) is 6.13. The molecule has 4 saturated carbocycles. The highest BCUT2D eigenvalue weighted by Crippen LogP contribution is 2.61. The Kier molecular flexibility index (Phi) is 5.26. The molecule has 2 atom stereocenters. The summed E-state index contributed by atoms with van der Waals surface area (Å²) in [6.45, 7) is 6.72. The van der Waals surface area contributed by atoms with Crippen LogP contribution in [0.25, 0.3) is 0 Å². The average Bonchev–Trinajstić information content (AvgIpc) is 2.70. The molecule has 5 heteroatoms. The molecule has 0 radical (unpaired) electrons. The molecule has 1 aromatic carbocycles. The van der Waals surface area contributed by atoms with Crippen molar-refractivity contribution >= 4 is 17.5 Å². The highest BCUT2D eigenvalue weighted by Gasteiger charge is 2.53. The third-order valence-electron chi connectivity index (χ3n) is 8.42. The number of ether oxygens (including phenoxy) is 1. The Bertz CT molecular complexity index is 844. The molecule has 6 rings (SSSR count). The summed E-state index contributed by atoms with van der Waals surface area (Å²) in [6.07, 6.45) is 8.50. The Morgan fingerprint density at radius 2 is 1.77 bits per heavy atom. The number of nitrogens with zero attached hydrogens (tertiary/aromatic N) is 1. The normalized spacial score (nSPS) is 34.1. The van der Waals surface area contributed by atoms with E-state index in [1.165, 1.54) is 38.5 Å². The van der Waals surface area contributed by atoms with Crippen LogP contribution in [0.4, 0.5) is 5.69 Å². The number of carbonyl (C=O) groups is 2. The number of nitrogens with one attached hydrogen (secondary N) is 1. The number of hydrogen-bond donors (Lipinski definition) is 1. The maximum atomic E-state index is 13.0. The summed E-state index contributed by atoms with van der Waals surface area (Å²) in [5, 5.41) is 3.30. The number of carbonyl (C=O) groups excluding carboxylic acids is 2. The van der Waals surface area contributed by atoms with E-state index in [4.69, 9.17) is 4.74 Å². The Morgan fingerprint density at radius 3 is 2.42 bits per heavy atom.